The fraction of sp³-hybridized carbons (Fsp3) is 0.769. The number of aliphatic carboxylic acids is 1. The van der Waals surface area contributed by atoms with E-state index in [1.807, 2.05) is 0 Å². The Labute approximate surface area is 124 Å². The van der Waals surface area contributed by atoms with E-state index in [0.717, 1.165) is 0 Å². The Balaban J connectivity index is 2.49. The highest BCUT2D eigenvalue weighted by Crippen LogP contribution is 2.25. The van der Waals surface area contributed by atoms with E-state index in [0.29, 0.717) is 19.6 Å². The van der Waals surface area contributed by atoms with Gasteiger partial charge in [0.2, 0.25) is 5.91 Å². The summed E-state index contributed by atoms with van der Waals surface area (Å²) in [7, 11) is 3.28. The number of amides is 3. The van der Waals surface area contributed by atoms with Crippen molar-refractivity contribution in [3.63, 3.8) is 0 Å². The molecule has 120 valence electrons. The number of likely N-dealkylation sites (N-methyl/N-ethyl adjacent to an activating group) is 2. The molecule has 0 spiro atoms. The minimum absolute atomic E-state index is 0.0333. The average molecular weight is 301 g/mol. The van der Waals surface area contributed by atoms with Crippen molar-refractivity contribution in [2.24, 2.45) is 0 Å². The topological polar surface area (TPSA) is 90.4 Å². The highest BCUT2D eigenvalue weighted by molar-refractivity contribution is 5.84. The van der Waals surface area contributed by atoms with E-state index in [1.54, 1.807) is 32.8 Å². The number of ether oxygens (including phenoxy) is 1. The van der Waals surface area contributed by atoms with E-state index in [9.17, 15) is 14.4 Å². The number of hydrogen-bond acceptors (Lipinski definition) is 4. The summed E-state index contributed by atoms with van der Waals surface area (Å²) in [5, 5.41) is 8.59. The van der Waals surface area contributed by atoms with Gasteiger partial charge in [-0.1, -0.05) is 0 Å². The maximum Gasteiger partial charge on any atom is 0.329 e. The van der Waals surface area contributed by atoms with Gasteiger partial charge < -0.3 is 24.5 Å². The molecule has 0 saturated carbocycles. The second-order valence-electron chi connectivity index (χ2n) is 5.57. The number of nitrogens with zero attached hydrogens (tertiary/aromatic N) is 3. The maximum absolute atomic E-state index is 12.2. The summed E-state index contributed by atoms with van der Waals surface area (Å²) in [6.45, 7) is 4.31. The molecule has 1 aliphatic rings. The molecule has 0 atom stereocenters. The molecule has 0 aliphatic carbocycles. The Hall–Kier alpha value is -1.83. The van der Waals surface area contributed by atoms with E-state index in [2.05, 4.69) is 0 Å². The summed E-state index contributed by atoms with van der Waals surface area (Å²) in [6, 6.07) is -0.232. The quantitative estimate of drug-likeness (QED) is 0.727. The third-order valence-electron chi connectivity index (χ3n) is 3.34. The van der Waals surface area contributed by atoms with Gasteiger partial charge in [0.15, 0.2) is 0 Å². The molecule has 1 N–H and O–H groups in total. The number of carboxylic acid groups (broad SMARTS) is 1. The Kier molecular flexibility index (Phi) is 5.54. The first-order valence-electron chi connectivity index (χ1n) is 6.78. The molecule has 0 aromatic rings. The zero-order chi connectivity index (χ0) is 16.2. The Morgan fingerprint density at radius 1 is 1.29 bits per heavy atom. The van der Waals surface area contributed by atoms with Gasteiger partial charge in [-0.25, -0.2) is 9.59 Å². The lowest BCUT2D eigenvalue weighted by atomic mass is 9.97. The number of carbonyl (C=O) groups excluding carboxylic acids is 2. The van der Waals surface area contributed by atoms with Gasteiger partial charge in [0, 0.05) is 20.6 Å². The van der Waals surface area contributed by atoms with E-state index in [1.165, 1.54) is 9.80 Å². The van der Waals surface area contributed by atoms with Crippen LogP contribution >= 0.6 is 0 Å². The van der Waals surface area contributed by atoms with E-state index in [4.69, 9.17) is 9.84 Å². The van der Waals surface area contributed by atoms with Crippen molar-refractivity contribution in [2.45, 2.75) is 19.4 Å². The highest BCUT2D eigenvalue weighted by atomic mass is 16.5. The number of carbonyl (C=O) groups is 3. The minimum Gasteiger partial charge on any atom is -0.480 e. The van der Waals surface area contributed by atoms with Crippen molar-refractivity contribution in [3.8, 4) is 0 Å². The van der Waals surface area contributed by atoms with Gasteiger partial charge in [-0.2, -0.15) is 0 Å². The monoisotopic (exact) mass is 301 g/mol. The van der Waals surface area contributed by atoms with Gasteiger partial charge in [-0.3, -0.25) is 4.79 Å². The largest absolute Gasteiger partial charge is 0.480 e. The molecular weight excluding hydrogens is 278 g/mol. The zero-order valence-electron chi connectivity index (χ0n) is 13.0. The van der Waals surface area contributed by atoms with Crippen molar-refractivity contribution in [2.75, 3.05) is 46.9 Å². The maximum atomic E-state index is 12.2. The molecule has 8 nitrogen and oxygen atoms in total. The summed E-state index contributed by atoms with van der Waals surface area (Å²) in [6.07, 6.45) is 0. The van der Waals surface area contributed by atoms with Crippen molar-refractivity contribution >= 4 is 17.9 Å². The lowest BCUT2D eigenvalue weighted by Crippen LogP contribution is -2.66. The average Bonchev–Trinajstić information content (AvgIpc) is 2.38. The second-order valence-corrected chi connectivity index (χ2v) is 5.57. The van der Waals surface area contributed by atoms with Crippen LogP contribution < -0.4 is 0 Å². The summed E-state index contributed by atoms with van der Waals surface area (Å²) in [5.74, 6) is -1.18. The van der Waals surface area contributed by atoms with Crippen molar-refractivity contribution in [3.05, 3.63) is 0 Å². The minimum atomic E-state index is -1.03. The molecule has 0 radical (unpaired) electrons. The van der Waals surface area contributed by atoms with Gasteiger partial charge in [-0.15, -0.1) is 0 Å². The van der Waals surface area contributed by atoms with Crippen molar-refractivity contribution in [1.29, 1.82) is 0 Å². The first-order chi connectivity index (χ1) is 9.68. The zero-order valence-corrected chi connectivity index (χ0v) is 13.0. The van der Waals surface area contributed by atoms with E-state index in [-0.39, 0.29) is 25.1 Å². The van der Waals surface area contributed by atoms with E-state index < -0.39 is 11.6 Å². The lowest BCUT2D eigenvalue weighted by molar-refractivity contribution is -0.160. The molecule has 21 heavy (non-hydrogen) atoms. The van der Waals surface area contributed by atoms with Gasteiger partial charge >= 0.3 is 12.0 Å². The molecule has 1 fully saturated rings. The molecule has 0 aromatic carbocycles. The summed E-state index contributed by atoms with van der Waals surface area (Å²) >= 11 is 0. The van der Waals surface area contributed by atoms with Gasteiger partial charge in [0.1, 0.15) is 18.8 Å². The van der Waals surface area contributed by atoms with E-state index >= 15 is 0 Å². The summed E-state index contributed by atoms with van der Waals surface area (Å²) < 4.78 is 5.25. The summed E-state index contributed by atoms with van der Waals surface area (Å²) in [5.41, 5.74) is -0.626. The van der Waals surface area contributed by atoms with Crippen molar-refractivity contribution in [1.82, 2.24) is 14.7 Å². The van der Waals surface area contributed by atoms with Crippen LogP contribution in [-0.4, -0.2) is 90.2 Å². The van der Waals surface area contributed by atoms with Gasteiger partial charge in [0.05, 0.1) is 13.1 Å². The van der Waals surface area contributed by atoms with Gasteiger partial charge in [-0.05, 0) is 13.8 Å². The van der Waals surface area contributed by atoms with Crippen LogP contribution in [-0.2, 0) is 14.3 Å². The number of rotatable bonds is 6. The first kappa shape index (κ1) is 17.2. The van der Waals surface area contributed by atoms with Crippen LogP contribution in [0.1, 0.15) is 13.8 Å². The molecule has 3 amide bonds. The Morgan fingerprint density at radius 3 is 2.29 bits per heavy atom. The van der Waals surface area contributed by atoms with Crippen LogP contribution in [0.5, 0.6) is 0 Å². The van der Waals surface area contributed by atoms with Crippen LogP contribution in [0.3, 0.4) is 0 Å². The molecule has 8 heteroatoms. The SMILES string of the molecule is CCN(CC(=O)N(C)C)C(=O)N1CC(C)(OCC(=O)O)C1. The number of hydrogen-bond donors (Lipinski definition) is 1. The Bertz CT molecular complexity index is 418. The molecule has 1 saturated heterocycles. The number of likely N-dealkylation sites (tertiary alicyclic amines) is 1. The van der Waals surface area contributed by atoms with Gasteiger partial charge in [0.25, 0.3) is 0 Å². The summed E-state index contributed by atoms with van der Waals surface area (Å²) in [4.78, 5) is 38.9. The molecular formula is C13H23N3O5. The highest BCUT2D eigenvalue weighted by Gasteiger charge is 2.44. The standard InChI is InChI=1S/C13H23N3O5/c1-5-15(6-10(17)14(3)4)12(20)16-8-13(2,9-16)21-7-11(18)19/h5-9H2,1-4H3,(H,18,19). The lowest BCUT2D eigenvalue weighted by Gasteiger charge is -2.48. The fourth-order valence-corrected chi connectivity index (χ4v) is 2.04. The number of carboxylic acids is 1. The smallest absolute Gasteiger partial charge is 0.329 e. The molecule has 0 aromatic heterocycles. The third kappa shape index (κ3) is 4.59. The molecule has 1 rings (SSSR count). The van der Waals surface area contributed by atoms with Crippen LogP contribution in [0, 0.1) is 0 Å². The molecule has 1 aliphatic heterocycles. The molecule has 0 unspecified atom stereocenters. The number of urea groups is 1. The predicted molar refractivity (Wildman–Crippen MR) is 74.9 cm³/mol. The van der Waals surface area contributed by atoms with Crippen LogP contribution in [0.2, 0.25) is 0 Å². The third-order valence-corrected chi connectivity index (χ3v) is 3.34. The second kappa shape index (κ2) is 6.75. The Morgan fingerprint density at radius 2 is 1.86 bits per heavy atom. The van der Waals surface area contributed by atoms with Crippen LogP contribution in [0.25, 0.3) is 0 Å². The van der Waals surface area contributed by atoms with Crippen molar-refractivity contribution < 1.29 is 24.2 Å². The van der Waals surface area contributed by atoms with Crippen LogP contribution in [0.15, 0.2) is 0 Å². The normalized spacial score (nSPS) is 16.1. The first-order valence-corrected chi connectivity index (χ1v) is 6.78. The molecule has 1 heterocycles. The molecule has 0 bridgehead atoms. The van der Waals surface area contributed by atoms with Crippen LogP contribution in [0.4, 0.5) is 4.79 Å². The fourth-order valence-electron chi connectivity index (χ4n) is 2.04. The predicted octanol–water partition coefficient (Wildman–Crippen LogP) is -0.308.